The van der Waals surface area contributed by atoms with Crippen molar-refractivity contribution >= 4 is 5.82 Å². The third-order valence-electron chi connectivity index (χ3n) is 3.48. The van der Waals surface area contributed by atoms with Crippen LogP contribution in [0.1, 0.15) is 43.5 Å². The maximum absolute atomic E-state index is 4.68. The Hall–Kier alpha value is -1.91. The highest BCUT2D eigenvalue weighted by atomic mass is 15.3. The van der Waals surface area contributed by atoms with Crippen molar-refractivity contribution in [3.05, 3.63) is 28.8 Å². The maximum atomic E-state index is 4.68. The molecule has 5 heteroatoms. The molecule has 108 valence electrons. The van der Waals surface area contributed by atoms with Gasteiger partial charge in [-0.25, -0.2) is 14.6 Å². The van der Waals surface area contributed by atoms with E-state index in [1.807, 2.05) is 18.7 Å². The van der Waals surface area contributed by atoms with Gasteiger partial charge in [-0.15, -0.1) is 0 Å². The third-order valence-corrected chi connectivity index (χ3v) is 3.48. The summed E-state index contributed by atoms with van der Waals surface area (Å²) >= 11 is 0. The number of hydrogen-bond donors (Lipinski definition) is 1. The zero-order valence-electron chi connectivity index (χ0n) is 13.0. The van der Waals surface area contributed by atoms with E-state index in [4.69, 9.17) is 0 Å². The molecule has 0 bridgehead atoms. The number of aryl methyl sites for hydroxylation is 3. The zero-order valence-corrected chi connectivity index (χ0v) is 13.0. The fraction of sp³-hybridized carbons (Fsp3) is 0.533. The summed E-state index contributed by atoms with van der Waals surface area (Å²) in [7, 11) is 1.89. The number of nitrogens with zero attached hydrogens (tertiary/aromatic N) is 4. The Balaban J connectivity index is 2.64. The molecule has 0 aliphatic rings. The fourth-order valence-corrected chi connectivity index (χ4v) is 2.24. The Morgan fingerprint density at radius 1 is 1.10 bits per heavy atom. The number of anilines is 1. The molecule has 0 amide bonds. The van der Waals surface area contributed by atoms with E-state index < -0.39 is 0 Å². The first-order chi connectivity index (χ1) is 9.64. The van der Waals surface area contributed by atoms with Crippen molar-refractivity contribution in [2.45, 2.75) is 47.0 Å². The summed E-state index contributed by atoms with van der Waals surface area (Å²) in [6.45, 7) is 8.36. The fourth-order valence-electron chi connectivity index (χ4n) is 2.24. The van der Waals surface area contributed by atoms with E-state index in [9.17, 15) is 0 Å². The van der Waals surface area contributed by atoms with E-state index in [0.717, 1.165) is 48.0 Å². The van der Waals surface area contributed by atoms with Crippen molar-refractivity contribution in [1.29, 1.82) is 0 Å². The van der Waals surface area contributed by atoms with Gasteiger partial charge in [0.1, 0.15) is 11.6 Å². The molecule has 2 heterocycles. The summed E-state index contributed by atoms with van der Waals surface area (Å²) in [4.78, 5) is 9.19. The summed E-state index contributed by atoms with van der Waals surface area (Å²) in [5.41, 5.74) is 3.32. The van der Waals surface area contributed by atoms with E-state index in [1.54, 1.807) is 0 Å². The summed E-state index contributed by atoms with van der Waals surface area (Å²) in [5, 5.41) is 7.83. The highest BCUT2D eigenvalue weighted by Crippen LogP contribution is 2.21. The topological polar surface area (TPSA) is 55.6 Å². The van der Waals surface area contributed by atoms with Gasteiger partial charge in [-0.1, -0.05) is 20.8 Å². The highest BCUT2D eigenvalue weighted by Gasteiger charge is 2.15. The predicted molar refractivity (Wildman–Crippen MR) is 81.6 cm³/mol. The Morgan fingerprint density at radius 3 is 2.40 bits per heavy atom. The normalized spacial score (nSPS) is 10.8. The minimum atomic E-state index is 0.811. The highest BCUT2D eigenvalue weighted by molar-refractivity contribution is 5.51. The van der Waals surface area contributed by atoms with E-state index >= 15 is 0 Å². The molecule has 0 spiro atoms. The zero-order chi connectivity index (χ0) is 14.7. The molecule has 0 saturated heterocycles. The van der Waals surface area contributed by atoms with Gasteiger partial charge in [-0.3, -0.25) is 0 Å². The predicted octanol–water partition coefficient (Wildman–Crippen LogP) is 2.70. The van der Waals surface area contributed by atoms with Gasteiger partial charge in [0.05, 0.1) is 5.69 Å². The summed E-state index contributed by atoms with van der Waals surface area (Å²) < 4.78 is 1.97. The van der Waals surface area contributed by atoms with Crippen LogP contribution in [0.4, 0.5) is 5.82 Å². The van der Waals surface area contributed by atoms with Crippen LogP contribution >= 0.6 is 0 Å². The number of nitrogens with one attached hydrogen (secondary N) is 1. The molecule has 2 aromatic rings. The quantitative estimate of drug-likeness (QED) is 0.910. The first-order valence-corrected chi connectivity index (χ1v) is 7.27. The van der Waals surface area contributed by atoms with Gasteiger partial charge in [-0.05, 0) is 25.8 Å². The first-order valence-electron chi connectivity index (χ1n) is 7.27. The van der Waals surface area contributed by atoms with Gasteiger partial charge in [0.15, 0.2) is 5.82 Å². The van der Waals surface area contributed by atoms with Crippen LogP contribution in [-0.4, -0.2) is 26.8 Å². The van der Waals surface area contributed by atoms with Crippen LogP contribution in [0, 0.1) is 6.92 Å². The first kappa shape index (κ1) is 14.5. The Labute approximate surface area is 120 Å². The Kier molecular flexibility index (Phi) is 4.37. The standard InChI is InChI=1S/C15H23N5/c1-6-11-9-12(7-2)20(19-11)15-10(4)14(16-5)17-13(8-3)18-15/h9H,6-8H2,1-5H3,(H,16,17,18). The molecule has 0 fully saturated rings. The molecule has 2 aromatic heterocycles. The molecule has 0 radical (unpaired) electrons. The second-order valence-electron chi connectivity index (χ2n) is 4.79. The molecule has 0 aliphatic heterocycles. The molecule has 5 nitrogen and oxygen atoms in total. The molecule has 0 saturated carbocycles. The van der Waals surface area contributed by atoms with Gasteiger partial charge in [-0.2, -0.15) is 5.10 Å². The largest absolute Gasteiger partial charge is 0.373 e. The van der Waals surface area contributed by atoms with E-state index in [0.29, 0.717) is 0 Å². The number of hydrogen-bond acceptors (Lipinski definition) is 4. The van der Waals surface area contributed by atoms with Crippen molar-refractivity contribution < 1.29 is 0 Å². The minimum absolute atomic E-state index is 0.811. The Bertz CT molecular complexity index is 601. The summed E-state index contributed by atoms with van der Waals surface area (Å²) in [6.07, 6.45) is 2.68. The molecular formula is C15H23N5. The number of rotatable bonds is 5. The summed E-state index contributed by atoms with van der Waals surface area (Å²) in [6, 6.07) is 2.16. The third kappa shape index (κ3) is 2.53. The van der Waals surface area contributed by atoms with Gasteiger partial charge < -0.3 is 5.32 Å². The van der Waals surface area contributed by atoms with Crippen LogP contribution in [0.5, 0.6) is 0 Å². The lowest BCUT2D eigenvalue weighted by Crippen LogP contribution is -2.12. The van der Waals surface area contributed by atoms with E-state index in [-0.39, 0.29) is 0 Å². The van der Waals surface area contributed by atoms with Crippen molar-refractivity contribution in [2.75, 3.05) is 12.4 Å². The lowest BCUT2D eigenvalue weighted by Gasteiger charge is -2.13. The summed E-state index contributed by atoms with van der Waals surface area (Å²) in [5.74, 6) is 2.60. The SMILES string of the molecule is CCc1cc(CC)n(-c2nc(CC)nc(NC)c2C)n1. The monoisotopic (exact) mass is 273 g/mol. The lowest BCUT2D eigenvalue weighted by molar-refractivity contribution is 0.750. The van der Waals surface area contributed by atoms with Crippen LogP contribution in [-0.2, 0) is 19.3 Å². The van der Waals surface area contributed by atoms with Gasteiger partial charge >= 0.3 is 0 Å². The van der Waals surface area contributed by atoms with Crippen LogP contribution < -0.4 is 5.32 Å². The molecule has 0 aliphatic carbocycles. The molecule has 2 rings (SSSR count). The second-order valence-corrected chi connectivity index (χ2v) is 4.79. The second kappa shape index (κ2) is 6.03. The molecule has 0 atom stereocenters. The van der Waals surface area contributed by atoms with Gasteiger partial charge in [0.2, 0.25) is 0 Å². The van der Waals surface area contributed by atoms with Crippen LogP contribution in [0.15, 0.2) is 6.07 Å². The molecule has 1 N–H and O–H groups in total. The average molecular weight is 273 g/mol. The minimum Gasteiger partial charge on any atom is -0.373 e. The smallest absolute Gasteiger partial charge is 0.162 e. The van der Waals surface area contributed by atoms with Crippen LogP contribution in [0.25, 0.3) is 5.82 Å². The van der Waals surface area contributed by atoms with Crippen LogP contribution in [0.2, 0.25) is 0 Å². The number of aromatic nitrogens is 4. The van der Waals surface area contributed by atoms with Crippen molar-refractivity contribution in [3.8, 4) is 5.82 Å². The Morgan fingerprint density at radius 2 is 1.85 bits per heavy atom. The van der Waals surface area contributed by atoms with E-state index in [2.05, 4.69) is 47.2 Å². The van der Waals surface area contributed by atoms with E-state index in [1.165, 1.54) is 5.69 Å². The molecular weight excluding hydrogens is 250 g/mol. The molecule has 0 aromatic carbocycles. The molecule has 0 unspecified atom stereocenters. The van der Waals surface area contributed by atoms with Crippen molar-refractivity contribution in [1.82, 2.24) is 19.7 Å². The van der Waals surface area contributed by atoms with Gasteiger partial charge in [0, 0.05) is 24.7 Å². The van der Waals surface area contributed by atoms with Crippen molar-refractivity contribution in [3.63, 3.8) is 0 Å². The molecule has 20 heavy (non-hydrogen) atoms. The van der Waals surface area contributed by atoms with Gasteiger partial charge in [0.25, 0.3) is 0 Å². The van der Waals surface area contributed by atoms with Crippen molar-refractivity contribution in [2.24, 2.45) is 0 Å². The van der Waals surface area contributed by atoms with Crippen LogP contribution in [0.3, 0.4) is 0 Å². The lowest BCUT2D eigenvalue weighted by atomic mass is 10.2. The maximum Gasteiger partial charge on any atom is 0.162 e. The average Bonchev–Trinajstić information content (AvgIpc) is 2.90.